The topological polar surface area (TPSA) is 55.7 Å². The lowest BCUT2D eigenvalue weighted by molar-refractivity contribution is 0.337. The first-order valence-corrected chi connectivity index (χ1v) is 9.19. The van der Waals surface area contributed by atoms with Gasteiger partial charge in [-0.2, -0.15) is 8.42 Å². The zero-order valence-electron chi connectivity index (χ0n) is 13.0. The molecule has 5 heteroatoms. The quantitative estimate of drug-likeness (QED) is 0.804. The molecule has 0 amide bonds. The number of benzene rings is 2. The molecule has 0 bridgehead atoms. The zero-order chi connectivity index (χ0) is 16.3. The second kappa shape index (κ2) is 6.54. The second-order valence-corrected chi connectivity index (χ2v) is 7.10. The molecule has 0 aliphatic heterocycles. The van der Waals surface area contributed by atoms with E-state index in [1.165, 1.54) is 5.56 Å². The summed E-state index contributed by atoms with van der Waals surface area (Å²) in [4.78, 5) is 0.128. The molecule has 0 aromatic heterocycles. The van der Waals surface area contributed by atoms with Crippen LogP contribution in [0.2, 0.25) is 0 Å². The standard InChI is InChI=1S/C18H19NO3S/c1-2-14-10-12-16(13-11-14)23(20,21)22-19-18-9-5-7-15-6-3-4-8-17(15)18/h3-4,6,8,10-13H,2,5,7,9H2,1H3. The molecule has 0 saturated heterocycles. The third-order valence-corrected chi connectivity index (χ3v) is 5.17. The lowest BCUT2D eigenvalue weighted by atomic mass is 9.90. The van der Waals surface area contributed by atoms with Crippen LogP contribution in [0.1, 0.15) is 36.5 Å². The monoisotopic (exact) mass is 329 g/mol. The van der Waals surface area contributed by atoms with Crippen LogP contribution < -0.4 is 0 Å². The van der Waals surface area contributed by atoms with Gasteiger partial charge in [0.15, 0.2) is 0 Å². The second-order valence-electron chi connectivity index (χ2n) is 5.57. The lowest BCUT2D eigenvalue weighted by Gasteiger charge is -2.16. The van der Waals surface area contributed by atoms with Crippen molar-refractivity contribution in [2.45, 2.75) is 37.5 Å². The van der Waals surface area contributed by atoms with Crippen LogP contribution in [-0.4, -0.2) is 14.1 Å². The van der Waals surface area contributed by atoms with Crippen LogP contribution in [-0.2, 0) is 27.2 Å². The number of fused-ring (bicyclic) bond motifs is 1. The molecule has 0 radical (unpaired) electrons. The summed E-state index contributed by atoms with van der Waals surface area (Å²) < 4.78 is 29.5. The Morgan fingerprint density at radius 3 is 2.52 bits per heavy atom. The summed E-state index contributed by atoms with van der Waals surface area (Å²) in [7, 11) is -3.87. The molecule has 0 saturated carbocycles. The van der Waals surface area contributed by atoms with Crippen molar-refractivity contribution in [1.29, 1.82) is 0 Å². The molecule has 0 atom stereocenters. The highest BCUT2D eigenvalue weighted by atomic mass is 32.2. The van der Waals surface area contributed by atoms with E-state index in [0.29, 0.717) is 5.71 Å². The van der Waals surface area contributed by atoms with Crippen molar-refractivity contribution in [2.75, 3.05) is 0 Å². The molecular formula is C18H19NO3S. The fraction of sp³-hybridized carbons (Fsp3) is 0.278. The number of rotatable bonds is 4. The Balaban J connectivity index is 1.84. The molecule has 0 fully saturated rings. The molecular weight excluding hydrogens is 310 g/mol. The molecule has 0 heterocycles. The van der Waals surface area contributed by atoms with Crippen LogP contribution in [0.15, 0.2) is 58.6 Å². The molecule has 120 valence electrons. The van der Waals surface area contributed by atoms with Gasteiger partial charge in [-0.05, 0) is 48.9 Å². The summed E-state index contributed by atoms with van der Waals surface area (Å²) in [5, 5.41) is 3.94. The predicted octanol–water partition coefficient (Wildman–Crippen LogP) is 3.69. The van der Waals surface area contributed by atoms with Gasteiger partial charge < -0.3 is 0 Å². The van der Waals surface area contributed by atoms with E-state index < -0.39 is 10.1 Å². The third kappa shape index (κ3) is 3.45. The van der Waals surface area contributed by atoms with Gasteiger partial charge >= 0.3 is 10.1 Å². The molecule has 2 aromatic rings. The van der Waals surface area contributed by atoms with E-state index in [1.54, 1.807) is 24.3 Å². The van der Waals surface area contributed by atoms with Gasteiger partial charge in [0.1, 0.15) is 4.90 Å². The molecule has 0 spiro atoms. The average Bonchev–Trinajstić information content (AvgIpc) is 2.60. The van der Waals surface area contributed by atoms with Crippen molar-refractivity contribution >= 4 is 15.8 Å². The summed E-state index contributed by atoms with van der Waals surface area (Å²) in [6.07, 6.45) is 3.52. The molecule has 23 heavy (non-hydrogen) atoms. The van der Waals surface area contributed by atoms with Gasteiger partial charge in [0.2, 0.25) is 0 Å². The van der Waals surface area contributed by atoms with Crippen molar-refractivity contribution < 1.29 is 12.7 Å². The summed E-state index contributed by atoms with van der Waals surface area (Å²) >= 11 is 0. The molecule has 1 aliphatic carbocycles. The normalized spacial score (nSPS) is 16.1. The first-order valence-electron chi connectivity index (χ1n) is 7.78. The average molecular weight is 329 g/mol. The van der Waals surface area contributed by atoms with Crippen LogP contribution in [0, 0.1) is 0 Å². The maximum absolute atomic E-state index is 12.3. The first kappa shape index (κ1) is 15.7. The van der Waals surface area contributed by atoms with Gasteiger partial charge in [-0.25, -0.2) is 0 Å². The molecule has 2 aromatic carbocycles. The fourth-order valence-corrected chi connectivity index (χ4v) is 3.47. The number of aryl methyl sites for hydroxylation is 2. The van der Waals surface area contributed by atoms with Gasteiger partial charge in [0, 0.05) is 5.56 Å². The maximum Gasteiger partial charge on any atom is 0.358 e. The van der Waals surface area contributed by atoms with Crippen molar-refractivity contribution in [1.82, 2.24) is 0 Å². The van der Waals surface area contributed by atoms with Crippen molar-refractivity contribution in [3.8, 4) is 0 Å². The number of hydrogen-bond donors (Lipinski definition) is 0. The van der Waals surface area contributed by atoms with Gasteiger partial charge in [0.25, 0.3) is 0 Å². The molecule has 4 nitrogen and oxygen atoms in total. The van der Waals surface area contributed by atoms with E-state index in [2.05, 4.69) is 5.16 Å². The van der Waals surface area contributed by atoms with Crippen molar-refractivity contribution in [3.63, 3.8) is 0 Å². The smallest absolute Gasteiger partial charge is 0.264 e. The zero-order valence-corrected chi connectivity index (χ0v) is 13.8. The van der Waals surface area contributed by atoms with E-state index in [0.717, 1.165) is 36.8 Å². The first-order chi connectivity index (χ1) is 11.1. The van der Waals surface area contributed by atoms with E-state index >= 15 is 0 Å². The van der Waals surface area contributed by atoms with Crippen LogP contribution in [0.3, 0.4) is 0 Å². The summed E-state index contributed by atoms with van der Waals surface area (Å²) in [6.45, 7) is 2.02. The van der Waals surface area contributed by atoms with Crippen LogP contribution >= 0.6 is 0 Å². The molecule has 1 aliphatic rings. The Labute approximate surface area is 136 Å². The SMILES string of the molecule is CCc1ccc(S(=O)(=O)ON=C2CCCc3ccccc32)cc1. The highest BCUT2D eigenvalue weighted by molar-refractivity contribution is 7.86. The van der Waals surface area contributed by atoms with Crippen molar-refractivity contribution in [2.24, 2.45) is 5.16 Å². The number of hydrogen-bond acceptors (Lipinski definition) is 4. The third-order valence-electron chi connectivity index (χ3n) is 4.05. The van der Waals surface area contributed by atoms with Gasteiger partial charge in [0.05, 0.1) is 5.71 Å². The minimum Gasteiger partial charge on any atom is -0.264 e. The van der Waals surface area contributed by atoms with E-state index in [1.807, 2.05) is 31.2 Å². The Morgan fingerprint density at radius 1 is 1.04 bits per heavy atom. The number of oxime groups is 1. The molecule has 3 rings (SSSR count). The minimum absolute atomic E-state index is 0.128. The van der Waals surface area contributed by atoms with E-state index in [-0.39, 0.29) is 4.90 Å². The van der Waals surface area contributed by atoms with E-state index in [4.69, 9.17) is 4.28 Å². The van der Waals surface area contributed by atoms with Crippen LogP contribution in [0.5, 0.6) is 0 Å². The Bertz CT molecular complexity index is 824. The summed E-state index contributed by atoms with van der Waals surface area (Å²) in [5.74, 6) is 0. The van der Waals surface area contributed by atoms with Crippen molar-refractivity contribution in [3.05, 3.63) is 65.2 Å². The Kier molecular flexibility index (Phi) is 4.48. The minimum atomic E-state index is -3.87. The lowest BCUT2D eigenvalue weighted by Crippen LogP contribution is -2.13. The Hall–Kier alpha value is -2.14. The van der Waals surface area contributed by atoms with Gasteiger partial charge in [-0.15, -0.1) is 0 Å². The van der Waals surface area contributed by atoms with Gasteiger partial charge in [-0.3, -0.25) is 4.28 Å². The summed E-state index contributed by atoms with van der Waals surface area (Å²) in [6, 6.07) is 14.6. The van der Waals surface area contributed by atoms with Crippen LogP contribution in [0.25, 0.3) is 0 Å². The summed E-state index contributed by atoms with van der Waals surface area (Å²) in [5.41, 5.74) is 3.94. The number of nitrogens with zero attached hydrogens (tertiary/aromatic N) is 1. The Morgan fingerprint density at radius 2 is 1.78 bits per heavy atom. The van der Waals surface area contributed by atoms with Crippen LogP contribution in [0.4, 0.5) is 0 Å². The molecule has 0 unspecified atom stereocenters. The fourth-order valence-electron chi connectivity index (χ4n) is 2.72. The van der Waals surface area contributed by atoms with E-state index in [9.17, 15) is 8.42 Å². The highest BCUT2D eigenvalue weighted by Crippen LogP contribution is 2.22. The highest BCUT2D eigenvalue weighted by Gasteiger charge is 2.19. The maximum atomic E-state index is 12.3. The predicted molar refractivity (Wildman–Crippen MR) is 90.0 cm³/mol. The molecule has 0 N–H and O–H groups in total. The largest absolute Gasteiger partial charge is 0.358 e. The van der Waals surface area contributed by atoms with Gasteiger partial charge in [-0.1, -0.05) is 48.5 Å².